The largest absolute Gasteiger partial charge is 0.327 e. The number of rotatable bonds is 5. The maximum atomic E-state index is 4.56. The smallest absolute Gasteiger partial charge is 0.140 e. The lowest BCUT2D eigenvalue weighted by Gasteiger charge is -2.20. The molecule has 4 nitrogen and oxygen atoms in total. The quantitative estimate of drug-likeness (QED) is 0.714. The maximum Gasteiger partial charge on any atom is 0.140 e. The number of hydrogen-bond acceptors (Lipinski definition) is 3. The van der Waals surface area contributed by atoms with Gasteiger partial charge in [0.05, 0.1) is 0 Å². The van der Waals surface area contributed by atoms with E-state index in [4.69, 9.17) is 0 Å². The fourth-order valence-corrected chi connectivity index (χ4v) is 2.77. The third-order valence-electron chi connectivity index (χ3n) is 4.62. The van der Waals surface area contributed by atoms with E-state index < -0.39 is 0 Å². The summed E-state index contributed by atoms with van der Waals surface area (Å²) in [6.07, 6.45) is 7.65. The highest BCUT2D eigenvalue weighted by atomic mass is 15.1. The predicted molar refractivity (Wildman–Crippen MR) is 97.8 cm³/mol. The van der Waals surface area contributed by atoms with Crippen LogP contribution >= 0.6 is 0 Å². The van der Waals surface area contributed by atoms with Crippen molar-refractivity contribution in [3.05, 3.63) is 71.8 Å². The summed E-state index contributed by atoms with van der Waals surface area (Å²) in [6, 6.07) is 11.2. The second-order valence-electron chi connectivity index (χ2n) is 6.44. The molecule has 0 saturated heterocycles. The van der Waals surface area contributed by atoms with Gasteiger partial charge in [0.15, 0.2) is 0 Å². The van der Waals surface area contributed by atoms with E-state index in [2.05, 4.69) is 77.7 Å². The molecular weight excluding hydrogens is 296 g/mol. The second kappa shape index (κ2) is 6.97. The zero-order valence-electron chi connectivity index (χ0n) is 14.8. The lowest BCUT2D eigenvalue weighted by Crippen LogP contribution is -2.16. The number of aryl methyl sites for hydroxylation is 1. The van der Waals surface area contributed by atoms with Gasteiger partial charge in [0.1, 0.15) is 5.82 Å². The predicted octanol–water partition coefficient (Wildman–Crippen LogP) is 3.92. The lowest BCUT2D eigenvalue weighted by molar-refractivity contribution is 0.321. The molecule has 1 atom stereocenters. The molecule has 0 spiro atoms. The van der Waals surface area contributed by atoms with Crippen LogP contribution in [-0.2, 0) is 6.54 Å². The average Bonchev–Trinajstić information content (AvgIpc) is 3.04. The molecule has 0 radical (unpaired) electrons. The maximum absolute atomic E-state index is 4.56. The van der Waals surface area contributed by atoms with Gasteiger partial charge < -0.3 is 9.47 Å². The van der Waals surface area contributed by atoms with Gasteiger partial charge in [0.2, 0.25) is 0 Å². The van der Waals surface area contributed by atoms with Gasteiger partial charge in [0.25, 0.3) is 0 Å². The molecule has 2 aromatic heterocycles. The third kappa shape index (κ3) is 3.39. The summed E-state index contributed by atoms with van der Waals surface area (Å²) in [5.41, 5.74) is 4.92. The molecule has 0 fully saturated rings. The van der Waals surface area contributed by atoms with Crippen molar-refractivity contribution in [2.45, 2.75) is 26.4 Å². The minimum atomic E-state index is 0.401. The first-order chi connectivity index (χ1) is 11.6. The Morgan fingerprint density at radius 2 is 1.83 bits per heavy atom. The van der Waals surface area contributed by atoms with E-state index in [-0.39, 0.29) is 0 Å². The van der Waals surface area contributed by atoms with Crippen LogP contribution in [0.15, 0.2) is 55.1 Å². The number of hydrogen-bond donors (Lipinski definition) is 0. The lowest BCUT2D eigenvalue weighted by atomic mass is 10.0. The Kier molecular flexibility index (Phi) is 4.76. The van der Waals surface area contributed by atoms with E-state index in [9.17, 15) is 0 Å². The SMILES string of the molecule is Cc1cnccc1Cn1ccnc1-c1ccc([C@@H](C)N(C)C)cc1. The van der Waals surface area contributed by atoms with Crippen LogP contribution in [0, 0.1) is 6.92 Å². The summed E-state index contributed by atoms with van der Waals surface area (Å²) in [7, 11) is 4.20. The summed E-state index contributed by atoms with van der Waals surface area (Å²) in [6.45, 7) is 5.11. The molecule has 124 valence electrons. The first-order valence-electron chi connectivity index (χ1n) is 8.23. The van der Waals surface area contributed by atoms with Crippen LogP contribution in [0.3, 0.4) is 0 Å². The van der Waals surface area contributed by atoms with E-state index >= 15 is 0 Å². The molecule has 0 aliphatic carbocycles. The van der Waals surface area contributed by atoms with Crippen LogP contribution in [0.4, 0.5) is 0 Å². The summed E-state index contributed by atoms with van der Waals surface area (Å²) in [4.78, 5) is 10.9. The van der Waals surface area contributed by atoms with Crippen molar-refractivity contribution in [1.82, 2.24) is 19.4 Å². The zero-order chi connectivity index (χ0) is 17.1. The summed E-state index contributed by atoms with van der Waals surface area (Å²) in [5.74, 6) is 0.996. The van der Waals surface area contributed by atoms with Gasteiger partial charge in [-0.1, -0.05) is 24.3 Å². The van der Waals surface area contributed by atoms with E-state index in [1.54, 1.807) is 0 Å². The van der Waals surface area contributed by atoms with Gasteiger partial charge in [-0.25, -0.2) is 4.98 Å². The Morgan fingerprint density at radius 3 is 2.50 bits per heavy atom. The fraction of sp³-hybridized carbons (Fsp3) is 0.300. The zero-order valence-corrected chi connectivity index (χ0v) is 14.8. The van der Waals surface area contributed by atoms with Gasteiger partial charge in [-0.2, -0.15) is 0 Å². The molecular formula is C20H24N4. The topological polar surface area (TPSA) is 34.0 Å². The van der Waals surface area contributed by atoms with Crippen molar-refractivity contribution in [3.63, 3.8) is 0 Å². The number of nitrogens with zero attached hydrogens (tertiary/aromatic N) is 4. The minimum Gasteiger partial charge on any atom is -0.327 e. The molecule has 3 rings (SSSR count). The number of pyridine rings is 1. The van der Waals surface area contributed by atoms with E-state index in [0.29, 0.717) is 6.04 Å². The molecule has 3 aromatic rings. The monoisotopic (exact) mass is 320 g/mol. The van der Waals surface area contributed by atoms with Crippen molar-refractivity contribution in [2.75, 3.05) is 14.1 Å². The van der Waals surface area contributed by atoms with Crippen LogP contribution in [0.25, 0.3) is 11.4 Å². The van der Waals surface area contributed by atoms with Gasteiger partial charge in [-0.15, -0.1) is 0 Å². The van der Waals surface area contributed by atoms with E-state index in [1.165, 1.54) is 16.7 Å². The Hall–Kier alpha value is -2.46. The molecule has 0 amide bonds. The molecule has 0 aliphatic rings. The number of imidazole rings is 1. The van der Waals surface area contributed by atoms with E-state index in [0.717, 1.165) is 17.9 Å². The Balaban J connectivity index is 1.86. The third-order valence-corrected chi connectivity index (χ3v) is 4.62. The summed E-state index contributed by atoms with van der Waals surface area (Å²) in [5, 5.41) is 0. The summed E-state index contributed by atoms with van der Waals surface area (Å²) >= 11 is 0. The normalized spacial score (nSPS) is 12.5. The standard InChI is InChI=1S/C20H24N4/c1-15-13-21-10-9-19(15)14-24-12-11-22-20(24)18-7-5-17(6-8-18)16(2)23(3)4/h5-13,16H,14H2,1-4H3/t16-/m1/s1. The molecule has 4 heteroatoms. The highest BCUT2D eigenvalue weighted by Crippen LogP contribution is 2.23. The first-order valence-corrected chi connectivity index (χ1v) is 8.23. The number of aromatic nitrogens is 3. The molecule has 0 aliphatic heterocycles. The molecule has 1 aromatic carbocycles. The Morgan fingerprint density at radius 1 is 1.08 bits per heavy atom. The molecule has 2 heterocycles. The van der Waals surface area contributed by atoms with Gasteiger partial charge in [-0.05, 0) is 50.7 Å². The first kappa shape index (κ1) is 16.4. The van der Waals surface area contributed by atoms with Crippen LogP contribution in [0.2, 0.25) is 0 Å². The number of benzene rings is 1. The molecule has 0 unspecified atom stereocenters. The van der Waals surface area contributed by atoms with Crippen molar-refractivity contribution >= 4 is 0 Å². The van der Waals surface area contributed by atoms with Crippen molar-refractivity contribution in [3.8, 4) is 11.4 Å². The fourth-order valence-electron chi connectivity index (χ4n) is 2.77. The van der Waals surface area contributed by atoms with Crippen LogP contribution in [0.5, 0.6) is 0 Å². The molecule has 0 bridgehead atoms. The van der Waals surface area contributed by atoms with Crippen LogP contribution in [0.1, 0.15) is 29.7 Å². The van der Waals surface area contributed by atoms with Crippen LogP contribution in [-0.4, -0.2) is 33.5 Å². The molecule has 0 saturated carbocycles. The van der Waals surface area contributed by atoms with Crippen molar-refractivity contribution < 1.29 is 0 Å². The van der Waals surface area contributed by atoms with Gasteiger partial charge in [0, 0.05) is 42.9 Å². The Labute approximate surface area is 143 Å². The second-order valence-corrected chi connectivity index (χ2v) is 6.44. The van der Waals surface area contributed by atoms with Crippen molar-refractivity contribution in [1.29, 1.82) is 0 Å². The Bertz CT molecular complexity index is 803. The van der Waals surface area contributed by atoms with Gasteiger partial charge >= 0.3 is 0 Å². The average molecular weight is 320 g/mol. The summed E-state index contributed by atoms with van der Waals surface area (Å²) < 4.78 is 2.19. The van der Waals surface area contributed by atoms with E-state index in [1.807, 2.05) is 24.8 Å². The highest BCUT2D eigenvalue weighted by molar-refractivity contribution is 5.56. The molecule has 0 N–H and O–H groups in total. The van der Waals surface area contributed by atoms with Crippen LogP contribution < -0.4 is 0 Å². The van der Waals surface area contributed by atoms with Gasteiger partial charge in [-0.3, -0.25) is 4.98 Å². The molecule has 24 heavy (non-hydrogen) atoms. The highest BCUT2D eigenvalue weighted by Gasteiger charge is 2.10. The minimum absolute atomic E-state index is 0.401. The van der Waals surface area contributed by atoms with Crippen molar-refractivity contribution in [2.24, 2.45) is 0 Å².